The molecule has 12 N–H and O–H groups in total. The zero-order chi connectivity index (χ0) is 64.5. The number of aryl methyl sites for hydroxylation is 3. The Hall–Kier alpha value is -6.83. The number of fused-ring (bicyclic) bond motifs is 13. The number of phenolic OH excluding ortho intramolecular Hbond substituents is 1. The first-order valence-electron chi connectivity index (χ1n) is 35.2. The first kappa shape index (κ1) is 66.2. The van der Waals surface area contributed by atoms with Crippen molar-refractivity contribution in [2.45, 2.75) is 153 Å². The van der Waals surface area contributed by atoms with Gasteiger partial charge in [-0.2, -0.15) is 4.99 Å². The number of nitrogens with two attached hydrogens (primary N) is 2. The lowest BCUT2D eigenvalue weighted by atomic mass is 9.52. The van der Waals surface area contributed by atoms with Crippen molar-refractivity contribution in [2.24, 2.45) is 80.6 Å². The number of carbonyl (C=O) groups is 2. The van der Waals surface area contributed by atoms with Gasteiger partial charge in [-0.3, -0.25) is 9.59 Å². The Balaban J connectivity index is 0.914. The summed E-state index contributed by atoms with van der Waals surface area (Å²) in [5, 5.41) is 52.8. The van der Waals surface area contributed by atoms with E-state index in [1.807, 2.05) is 25.3 Å². The van der Waals surface area contributed by atoms with Crippen molar-refractivity contribution in [1.82, 2.24) is 26.6 Å². The number of aliphatic hydroxyl groups is 2. The van der Waals surface area contributed by atoms with Gasteiger partial charge in [0.05, 0.1) is 32.4 Å². The number of ketones is 2. The van der Waals surface area contributed by atoms with E-state index in [0.29, 0.717) is 109 Å². The van der Waals surface area contributed by atoms with E-state index in [4.69, 9.17) is 21.2 Å². The van der Waals surface area contributed by atoms with E-state index >= 15 is 0 Å². The molecule has 1 saturated heterocycles. The molecule has 0 radical (unpaired) electrons. The predicted octanol–water partition coefficient (Wildman–Crippen LogP) is 9.81. The number of benzene rings is 4. The molecule has 14 nitrogen and oxygen atoms in total. The molecule has 13 rings (SSSR count). The number of rotatable bonds is 15. The Morgan fingerprint density at radius 3 is 2.46 bits per heavy atom. The molecular formula is C79H102N8O6. The van der Waals surface area contributed by atoms with Crippen LogP contribution in [0.15, 0.2) is 144 Å². The van der Waals surface area contributed by atoms with E-state index in [1.165, 1.54) is 42.7 Å². The molecule has 4 aromatic rings. The molecule has 9 aliphatic rings. The number of hydrogen-bond donors (Lipinski definition) is 10. The number of hydrogen-bond acceptors (Lipinski definition) is 14. The standard InChI is InChI=1S/C79H102N8O6/c1-51(89)46-85-74-45-78(44-70-67-27-31-82-47-62(67)35-58-19-11-29-83-76(58)70)42-56-23-25-73(78)79(74)28-26-59(43-79)60(24-22-53-14-7-4-8-15-53)48-87-77(81)84-30-10-18-57(33-55-17-9-16-54(32-55)21-20-52-12-5-3-6-13-52)69-41-75(80)86-49-63(69)36-61-38-71(92)72(93-2)40-68(61)64(50-88)37-66(91)39-65(90)34-56/h3-9,11-17,19,32,37-38,40-41,49,51,56-60,62,67,70,73-76,82-83,85-86,88-89,92H,18,20-29,31,33-36,39,42-48,50,80H2,1-2H3,(H3,81,84,87). The lowest BCUT2D eigenvalue weighted by Gasteiger charge is -2.55. The maximum Gasteiger partial charge on any atom is 0.202 e. The van der Waals surface area contributed by atoms with Crippen LogP contribution in [0.4, 0.5) is 0 Å². The highest BCUT2D eigenvalue weighted by atomic mass is 16.5. The summed E-state index contributed by atoms with van der Waals surface area (Å²) in [4.78, 5) is 34.0. The fraction of sp³-hybridized carbons (Fsp3) is 0.532. The molecule has 5 heterocycles. The monoisotopic (exact) mass is 1260 g/mol. The number of aromatic hydroxyl groups is 1. The second-order valence-electron chi connectivity index (χ2n) is 29.3. The topological polar surface area (TPSA) is 229 Å². The van der Waals surface area contributed by atoms with E-state index in [1.54, 1.807) is 12.1 Å². The summed E-state index contributed by atoms with van der Waals surface area (Å²) >= 11 is 0. The van der Waals surface area contributed by atoms with Crippen LogP contribution in [0.3, 0.4) is 0 Å². The Bertz CT molecular complexity index is 3480. The van der Waals surface area contributed by atoms with Gasteiger partial charge < -0.3 is 58.1 Å². The minimum Gasteiger partial charge on any atom is -0.504 e. The van der Waals surface area contributed by atoms with Crippen molar-refractivity contribution < 1.29 is 29.6 Å². The quantitative estimate of drug-likeness (QED) is 0.0304. The molecule has 5 aliphatic heterocycles. The molecular weight excluding hydrogens is 1160 g/mol. The summed E-state index contributed by atoms with van der Waals surface area (Å²) in [6, 6.07) is 37.3. The van der Waals surface area contributed by atoms with Gasteiger partial charge in [0.15, 0.2) is 17.3 Å². The molecule has 0 aromatic heterocycles. The molecule has 0 amide bonds. The first-order chi connectivity index (χ1) is 45.2. The van der Waals surface area contributed by atoms with Crippen LogP contribution in [-0.4, -0.2) is 104 Å². The predicted molar refractivity (Wildman–Crippen MR) is 370 cm³/mol. The molecule has 14 heteroatoms. The number of allylic oxidation sites excluding steroid dienone is 3. The van der Waals surface area contributed by atoms with Gasteiger partial charge in [-0.25, -0.2) is 0 Å². The second-order valence-corrected chi connectivity index (χ2v) is 29.3. The molecule has 15 atom stereocenters. The zero-order valence-electron chi connectivity index (χ0n) is 55.0. The van der Waals surface area contributed by atoms with Crippen molar-refractivity contribution in [3.63, 3.8) is 0 Å². The number of dihydropyridines is 1. The van der Waals surface area contributed by atoms with Gasteiger partial charge in [0.2, 0.25) is 5.96 Å². The number of Topliss-reactive ketones (excluding diaryl/α,β-unsaturated/α-hetero) is 1. The van der Waals surface area contributed by atoms with Gasteiger partial charge in [-0.05, 0) is 261 Å². The summed E-state index contributed by atoms with van der Waals surface area (Å²) < 4.78 is 5.68. The maximum atomic E-state index is 14.8. The number of methoxy groups -OCH3 is 1. The number of piperidine rings is 1. The fourth-order valence-corrected chi connectivity index (χ4v) is 19.4. The van der Waals surface area contributed by atoms with Gasteiger partial charge >= 0.3 is 0 Å². The van der Waals surface area contributed by atoms with Crippen LogP contribution in [0.25, 0.3) is 5.57 Å². The average molecular weight is 1260 g/mol. The van der Waals surface area contributed by atoms with Crippen molar-refractivity contribution >= 4 is 23.1 Å². The smallest absolute Gasteiger partial charge is 0.202 e. The van der Waals surface area contributed by atoms with Gasteiger partial charge in [0.1, 0.15) is 5.78 Å². The first-order valence-corrected chi connectivity index (χ1v) is 35.2. The van der Waals surface area contributed by atoms with E-state index < -0.39 is 18.9 Å². The third kappa shape index (κ3) is 15.6. The van der Waals surface area contributed by atoms with Gasteiger partial charge in [0.25, 0.3) is 0 Å². The molecule has 4 aromatic carbocycles. The lowest BCUT2D eigenvalue weighted by molar-refractivity contribution is -0.126. The Morgan fingerprint density at radius 2 is 1.67 bits per heavy atom. The third-order valence-electron chi connectivity index (χ3n) is 23.4. The lowest BCUT2D eigenvalue weighted by Crippen LogP contribution is -2.57. The molecule has 15 unspecified atom stereocenters. The summed E-state index contributed by atoms with van der Waals surface area (Å²) in [5.41, 5.74) is 22.0. The molecule has 4 aliphatic carbocycles. The van der Waals surface area contributed by atoms with Crippen LogP contribution < -0.4 is 42.8 Å². The maximum absolute atomic E-state index is 14.8. The zero-order valence-corrected chi connectivity index (χ0v) is 55.0. The van der Waals surface area contributed by atoms with Gasteiger partial charge in [-0.15, -0.1) is 0 Å². The Kier molecular flexibility index (Phi) is 21.6. The molecule has 5 bridgehead atoms. The number of phenols is 1. The van der Waals surface area contributed by atoms with Crippen molar-refractivity contribution in [2.75, 3.05) is 46.4 Å². The van der Waals surface area contributed by atoms with Crippen LogP contribution in [-0.2, 0) is 41.7 Å². The van der Waals surface area contributed by atoms with E-state index in [-0.39, 0.29) is 58.2 Å². The van der Waals surface area contributed by atoms with E-state index in [2.05, 4.69) is 130 Å². The number of aliphatic imine (C=N–C) groups is 1. The van der Waals surface area contributed by atoms with E-state index in [9.17, 15) is 24.9 Å². The minimum absolute atomic E-state index is 0.0180. The summed E-state index contributed by atoms with van der Waals surface area (Å²) in [7, 11) is 1.48. The van der Waals surface area contributed by atoms with Crippen molar-refractivity contribution in [3.8, 4) is 23.5 Å². The number of nitrogens with zero attached hydrogens (tertiary/aromatic N) is 1. The van der Waals surface area contributed by atoms with E-state index in [0.717, 1.165) is 113 Å². The van der Waals surface area contributed by atoms with Gasteiger partial charge in [-0.1, -0.05) is 103 Å². The molecule has 4 saturated carbocycles. The van der Waals surface area contributed by atoms with Crippen LogP contribution in [0, 0.1) is 76.1 Å². The van der Waals surface area contributed by atoms with Crippen LogP contribution in [0.2, 0.25) is 0 Å². The number of ether oxygens (including phenoxy) is 1. The summed E-state index contributed by atoms with van der Waals surface area (Å²) in [5.74, 6) is 6.70. The Morgan fingerprint density at radius 1 is 0.882 bits per heavy atom. The van der Waals surface area contributed by atoms with Crippen LogP contribution in [0.1, 0.15) is 130 Å². The number of guanidine groups is 1. The summed E-state index contributed by atoms with van der Waals surface area (Å²) in [6.07, 6.45) is 25.1. The van der Waals surface area contributed by atoms with Crippen molar-refractivity contribution in [3.05, 3.63) is 172 Å². The molecule has 494 valence electrons. The largest absolute Gasteiger partial charge is 0.504 e. The minimum atomic E-state index is -0.500. The second kappa shape index (κ2) is 30.3. The highest BCUT2D eigenvalue weighted by molar-refractivity contribution is 6.08. The fourth-order valence-electron chi connectivity index (χ4n) is 19.4. The normalized spacial score (nSPS) is 31.8. The Labute approximate surface area is 552 Å². The SMILES string of the molecule is COc1cc2c(cc1O)CC1=CNC(N)C=C1C(Cc1cccc(CCc3ccccc3)c1)CC#CN=C(N)NCC(CCc1ccccc1)C1CCC3(C1)C(NCC(C)O)CC1(CC4C5CCNCC5CC5C=CCNC54)CC(CCC13)CC(=O)CC(=O)C=C2CO. The van der Waals surface area contributed by atoms with Crippen LogP contribution in [0.5, 0.6) is 11.5 Å². The van der Waals surface area contributed by atoms with Gasteiger partial charge in [0, 0.05) is 56.8 Å². The molecule has 1 spiro atoms. The highest BCUT2D eigenvalue weighted by Crippen LogP contribution is 2.71. The number of carbonyl (C=O) groups excluding carboxylic acids is 2. The molecule has 5 fully saturated rings. The number of nitrogens with one attached hydrogen (secondary N) is 5. The van der Waals surface area contributed by atoms with Crippen LogP contribution >= 0.6 is 0 Å². The highest BCUT2D eigenvalue weighted by Gasteiger charge is 2.66. The average Bonchev–Trinajstić information content (AvgIpc) is 1.38. The molecule has 93 heavy (non-hydrogen) atoms. The van der Waals surface area contributed by atoms with Crippen molar-refractivity contribution in [1.29, 1.82) is 0 Å². The third-order valence-corrected chi connectivity index (χ3v) is 23.4. The number of aliphatic hydroxyl groups excluding tert-OH is 2. The summed E-state index contributed by atoms with van der Waals surface area (Å²) in [6.45, 7) is 5.61.